The van der Waals surface area contributed by atoms with E-state index in [-0.39, 0.29) is 41.9 Å². The van der Waals surface area contributed by atoms with Gasteiger partial charge in [0.15, 0.2) is 5.67 Å². The molecule has 0 radical (unpaired) electrons. The number of benzene rings is 1. The molecule has 0 spiro atoms. The van der Waals surface area contributed by atoms with Crippen LogP contribution in [0.25, 0.3) is 0 Å². The first-order chi connectivity index (χ1) is 19.5. The molecule has 0 bridgehead atoms. The van der Waals surface area contributed by atoms with Crippen molar-refractivity contribution in [3.05, 3.63) is 45.8 Å². The van der Waals surface area contributed by atoms with Crippen LogP contribution in [-0.4, -0.2) is 80.6 Å². The Kier molecular flexibility index (Phi) is 9.77. The van der Waals surface area contributed by atoms with Gasteiger partial charge >= 0.3 is 0 Å². The van der Waals surface area contributed by atoms with Gasteiger partial charge in [-0.2, -0.15) is 5.10 Å². The highest BCUT2D eigenvalue weighted by atomic mass is 35.5. The number of ether oxygens (including phenoxy) is 4. The van der Waals surface area contributed by atoms with Crippen molar-refractivity contribution in [1.82, 2.24) is 9.78 Å². The first kappa shape index (κ1) is 29.0. The number of anilines is 2. The van der Waals surface area contributed by atoms with Gasteiger partial charge in [0, 0.05) is 24.9 Å². The van der Waals surface area contributed by atoms with E-state index in [9.17, 15) is 13.6 Å². The Balaban J connectivity index is 1.24. The minimum absolute atomic E-state index is 0.00935. The third-order valence-electron chi connectivity index (χ3n) is 7.94. The zero-order valence-electron chi connectivity index (χ0n) is 22.5. The minimum atomic E-state index is -1.49. The second-order valence-corrected chi connectivity index (χ2v) is 11.1. The van der Waals surface area contributed by atoms with Crippen LogP contribution in [0, 0.1) is 0 Å². The van der Waals surface area contributed by atoms with E-state index < -0.39 is 12.5 Å². The summed E-state index contributed by atoms with van der Waals surface area (Å²) in [6.45, 7) is 2.07. The summed E-state index contributed by atoms with van der Waals surface area (Å²) in [6, 6.07) is 7.50. The molecule has 1 N–H and O–H groups in total. The molecule has 12 heteroatoms. The summed E-state index contributed by atoms with van der Waals surface area (Å²) in [7, 11) is 0. The van der Waals surface area contributed by atoms with Crippen molar-refractivity contribution >= 4 is 23.0 Å². The number of hydrogen-bond donors (Lipinski definition) is 1. The van der Waals surface area contributed by atoms with Crippen LogP contribution in [0.5, 0.6) is 5.75 Å². The highest BCUT2D eigenvalue weighted by molar-refractivity contribution is 6.32. The molecule has 2 saturated heterocycles. The van der Waals surface area contributed by atoms with Gasteiger partial charge in [-0.1, -0.05) is 11.6 Å². The van der Waals surface area contributed by atoms with Crippen LogP contribution in [-0.2, 0) is 14.2 Å². The van der Waals surface area contributed by atoms with Gasteiger partial charge in [0.25, 0.3) is 5.56 Å². The largest absolute Gasteiger partial charge is 0.463 e. The van der Waals surface area contributed by atoms with E-state index in [1.807, 2.05) is 12.1 Å². The van der Waals surface area contributed by atoms with Crippen LogP contribution >= 0.6 is 11.6 Å². The molecule has 0 unspecified atom stereocenters. The fourth-order valence-corrected chi connectivity index (χ4v) is 5.98. The number of rotatable bonds is 10. The lowest BCUT2D eigenvalue weighted by Crippen LogP contribution is -2.46. The van der Waals surface area contributed by atoms with Crippen molar-refractivity contribution in [2.24, 2.45) is 0 Å². The van der Waals surface area contributed by atoms with E-state index in [1.54, 1.807) is 12.1 Å². The summed E-state index contributed by atoms with van der Waals surface area (Å²) in [4.78, 5) is 15.4. The zero-order chi connectivity index (χ0) is 28.0. The van der Waals surface area contributed by atoms with Gasteiger partial charge in [-0.05, 0) is 62.8 Å². The van der Waals surface area contributed by atoms with E-state index in [1.165, 1.54) is 10.9 Å². The Morgan fingerprint density at radius 1 is 1.15 bits per heavy atom. The molecular weight excluding hydrogens is 546 g/mol. The van der Waals surface area contributed by atoms with Gasteiger partial charge in [0.2, 0.25) is 6.86 Å². The first-order valence-corrected chi connectivity index (χ1v) is 14.4. The smallest absolute Gasteiger partial charge is 0.287 e. The van der Waals surface area contributed by atoms with Gasteiger partial charge in [0.05, 0.1) is 57.0 Å². The highest BCUT2D eigenvalue weighted by Crippen LogP contribution is 2.34. The van der Waals surface area contributed by atoms with E-state index in [4.69, 9.17) is 30.5 Å². The van der Waals surface area contributed by atoms with Crippen LogP contribution in [0.2, 0.25) is 5.02 Å². The molecule has 0 amide bonds. The molecule has 3 fully saturated rings. The fraction of sp³-hybridized carbons (Fsp3) is 0.643. The zero-order valence-corrected chi connectivity index (χ0v) is 23.3. The number of aromatic nitrogens is 2. The van der Waals surface area contributed by atoms with Crippen LogP contribution in [0.3, 0.4) is 0 Å². The summed E-state index contributed by atoms with van der Waals surface area (Å²) >= 11 is 6.43. The Labute approximate surface area is 237 Å². The van der Waals surface area contributed by atoms with Crippen LogP contribution in [0.15, 0.2) is 35.3 Å². The number of hydrogen-bond acceptors (Lipinski definition) is 8. The number of nitrogens with zero attached hydrogens (tertiary/aromatic N) is 3. The van der Waals surface area contributed by atoms with Crippen molar-refractivity contribution in [2.75, 3.05) is 63.2 Å². The van der Waals surface area contributed by atoms with Crippen molar-refractivity contribution in [3.63, 3.8) is 0 Å². The summed E-state index contributed by atoms with van der Waals surface area (Å²) < 4.78 is 50.8. The number of nitrogens with one attached hydrogen (secondary N) is 1. The highest BCUT2D eigenvalue weighted by Gasteiger charge is 2.34. The average Bonchev–Trinajstić information content (AvgIpc) is 2.98. The predicted molar refractivity (Wildman–Crippen MR) is 148 cm³/mol. The summed E-state index contributed by atoms with van der Waals surface area (Å²) in [6.07, 6.45) is 5.66. The molecule has 9 nitrogen and oxygen atoms in total. The molecule has 220 valence electrons. The third kappa shape index (κ3) is 7.05. The second kappa shape index (κ2) is 13.5. The summed E-state index contributed by atoms with van der Waals surface area (Å²) in [5, 5.41) is 7.39. The van der Waals surface area contributed by atoms with E-state index in [0.717, 1.165) is 31.4 Å². The lowest BCUT2D eigenvalue weighted by atomic mass is 9.89. The molecule has 40 heavy (non-hydrogen) atoms. The molecular formula is C28H37ClF2N4O5. The standard InChI is InChI=1S/C28H37ClF2N4O5/c29-26-25(32-17-28(31)10-1-11-38-18-28)14-33-35(27(26)36)22-4-2-20(3-5-22)34(15-24-16-37-12-13-39-24)21-6-8-23(9-7-21)40-19-30/h6-9,14,20,22,24,32H,1-5,10-13,15-19H2/t20-,22+,24-,28+/m1/s1. The maximum atomic E-state index is 14.9. The van der Waals surface area contributed by atoms with Gasteiger partial charge in [-0.3, -0.25) is 4.79 Å². The fourth-order valence-electron chi connectivity index (χ4n) is 5.78. The minimum Gasteiger partial charge on any atom is -0.463 e. The lowest BCUT2D eigenvalue weighted by Gasteiger charge is -2.40. The summed E-state index contributed by atoms with van der Waals surface area (Å²) in [5.74, 6) is 0.473. The molecule has 3 heterocycles. The SMILES string of the molecule is O=c1c(Cl)c(NC[C@@]2(F)CCCOC2)cnn1[C@H]1CC[C@@H](N(C[C@@H]2COCCO2)c2ccc(OCF)cc2)CC1. The quantitative estimate of drug-likeness (QED) is 0.437. The van der Waals surface area contributed by atoms with E-state index in [2.05, 4.69) is 15.3 Å². The normalized spacial score (nSPS) is 27.2. The van der Waals surface area contributed by atoms with Crippen LogP contribution in [0.4, 0.5) is 20.2 Å². The predicted octanol–water partition coefficient (Wildman–Crippen LogP) is 4.54. The third-order valence-corrected chi connectivity index (χ3v) is 8.31. The topological polar surface area (TPSA) is 87.1 Å². The Morgan fingerprint density at radius 2 is 1.95 bits per heavy atom. The van der Waals surface area contributed by atoms with Crippen molar-refractivity contribution in [1.29, 1.82) is 0 Å². The average molecular weight is 583 g/mol. The van der Waals surface area contributed by atoms with Crippen LogP contribution < -0.4 is 20.5 Å². The molecule has 1 aliphatic carbocycles. The maximum Gasteiger partial charge on any atom is 0.287 e. The molecule has 2 atom stereocenters. The van der Waals surface area contributed by atoms with Crippen molar-refractivity contribution in [3.8, 4) is 5.75 Å². The van der Waals surface area contributed by atoms with Gasteiger partial charge < -0.3 is 29.2 Å². The first-order valence-electron chi connectivity index (χ1n) is 14.0. The summed E-state index contributed by atoms with van der Waals surface area (Å²) in [5.41, 5.74) is -0.543. The van der Waals surface area contributed by atoms with Gasteiger partial charge in [0.1, 0.15) is 10.8 Å². The Morgan fingerprint density at radius 3 is 2.62 bits per heavy atom. The second-order valence-electron chi connectivity index (χ2n) is 10.7. The number of alkyl halides is 2. The molecule has 5 rings (SSSR count). The Bertz CT molecular complexity index is 1150. The molecule has 2 aromatic rings. The van der Waals surface area contributed by atoms with Gasteiger partial charge in [-0.25, -0.2) is 13.5 Å². The van der Waals surface area contributed by atoms with E-state index >= 15 is 0 Å². The molecule has 2 aliphatic heterocycles. The molecule has 1 saturated carbocycles. The molecule has 1 aromatic carbocycles. The Hall–Kier alpha value is -2.47. The lowest BCUT2D eigenvalue weighted by molar-refractivity contribution is -0.0847. The molecule has 3 aliphatic rings. The molecule has 1 aromatic heterocycles. The van der Waals surface area contributed by atoms with Crippen LogP contribution in [0.1, 0.15) is 44.6 Å². The number of halogens is 3. The van der Waals surface area contributed by atoms with Crippen molar-refractivity contribution < 1.29 is 27.7 Å². The maximum absolute atomic E-state index is 14.9. The van der Waals surface area contributed by atoms with Crippen molar-refractivity contribution in [2.45, 2.75) is 62.4 Å². The van der Waals surface area contributed by atoms with E-state index in [0.29, 0.717) is 57.3 Å². The monoisotopic (exact) mass is 582 g/mol. The van der Waals surface area contributed by atoms with Gasteiger partial charge in [-0.15, -0.1) is 0 Å².